The molecule has 1 saturated carbocycles. The first-order valence-electron chi connectivity index (χ1n) is 12.4. The molecule has 0 saturated heterocycles. The maximum absolute atomic E-state index is 14.3. The normalized spacial score (nSPS) is 14.4. The van der Waals surface area contributed by atoms with Gasteiger partial charge in [0.25, 0.3) is 0 Å². The van der Waals surface area contributed by atoms with Gasteiger partial charge in [0.2, 0.25) is 0 Å². The van der Waals surface area contributed by atoms with E-state index in [9.17, 15) is 19.1 Å². The van der Waals surface area contributed by atoms with Gasteiger partial charge in [0.05, 0.1) is 17.8 Å². The van der Waals surface area contributed by atoms with Gasteiger partial charge in [-0.15, -0.1) is 0 Å². The molecule has 0 aliphatic heterocycles. The van der Waals surface area contributed by atoms with Gasteiger partial charge in [0.1, 0.15) is 6.67 Å². The van der Waals surface area contributed by atoms with Crippen LogP contribution in [0.4, 0.5) is 4.39 Å². The van der Waals surface area contributed by atoms with Gasteiger partial charge in [0, 0.05) is 11.7 Å². The van der Waals surface area contributed by atoms with Crippen LogP contribution >= 0.6 is 0 Å². The zero-order chi connectivity index (χ0) is 24.1. The van der Waals surface area contributed by atoms with E-state index in [4.69, 9.17) is 0 Å². The molecule has 4 rings (SSSR count). The van der Waals surface area contributed by atoms with E-state index in [0.717, 1.165) is 55.3 Å². The SMILES string of the molecule is CCCCc1c(CF)n(C2CCCCC2)c(=O)n1Cc1ccc(-c2ccccc2C(=O)O)cc1. The molecule has 1 heterocycles. The Morgan fingerprint density at radius 3 is 2.38 bits per heavy atom. The van der Waals surface area contributed by atoms with Crippen LogP contribution in [0.25, 0.3) is 11.1 Å². The van der Waals surface area contributed by atoms with Gasteiger partial charge in [-0.1, -0.05) is 75.1 Å². The van der Waals surface area contributed by atoms with Crippen LogP contribution in [0, 0.1) is 0 Å². The fourth-order valence-corrected chi connectivity index (χ4v) is 5.19. The summed E-state index contributed by atoms with van der Waals surface area (Å²) >= 11 is 0. The lowest BCUT2D eigenvalue weighted by Crippen LogP contribution is -2.30. The van der Waals surface area contributed by atoms with Gasteiger partial charge in [-0.25, -0.2) is 14.0 Å². The maximum Gasteiger partial charge on any atom is 0.336 e. The molecule has 2 aromatic carbocycles. The zero-order valence-corrected chi connectivity index (χ0v) is 19.8. The highest BCUT2D eigenvalue weighted by atomic mass is 19.1. The molecular weight excluding hydrogens is 431 g/mol. The lowest BCUT2D eigenvalue weighted by atomic mass is 9.95. The number of carboxylic acid groups (broad SMARTS) is 1. The first kappa shape index (κ1) is 24.0. The molecule has 3 aromatic rings. The number of aromatic nitrogens is 2. The minimum Gasteiger partial charge on any atom is -0.478 e. The second-order valence-corrected chi connectivity index (χ2v) is 9.21. The average Bonchev–Trinajstić information content (AvgIpc) is 3.13. The van der Waals surface area contributed by atoms with Crippen molar-refractivity contribution in [3.8, 4) is 11.1 Å². The van der Waals surface area contributed by atoms with E-state index >= 15 is 0 Å². The van der Waals surface area contributed by atoms with E-state index in [1.54, 1.807) is 27.3 Å². The molecule has 0 amide bonds. The smallest absolute Gasteiger partial charge is 0.336 e. The molecule has 5 nitrogen and oxygen atoms in total. The molecule has 0 atom stereocenters. The summed E-state index contributed by atoms with van der Waals surface area (Å²) in [7, 11) is 0. The third-order valence-electron chi connectivity index (χ3n) is 6.98. The van der Waals surface area contributed by atoms with Gasteiger partial charge in [-0.3, -0.25) is 9.13 Å². The van der Waals surface area contributed by atoms with Crippen molar-refractivity contribution in [1.82, 2.24) is 9.13 Å². The van der Waals surface area contributed by atoms with Crippen LogP contribution < -0.4 is 5.69 Å². The molecule has 1 N–H and O–H groups in total. The van der Waals surface area contributed by atoms with Crippen LogP contribution in [0.5, 0.6) is 0 Å². The molecule has 1 aliphatic carbocycles. The molecule has 0 bridgehead atoms. The predicted octanol–water partition coefficient (Wildman–Crippen LogP) is 6.38. The van der Waals surface area contributed by atoms with Crippen LogP contribution in [-0.2, 0) is 19.6 Å². The average molecular weight is 465 g/mol. The maximum atomic E-state index is 14.3. The second-order valence-electron chi connectivity index (χ2n) is 9.21. The topological polar surface area (TPSA) is 64.2 Å². The number of nitrogens with zero attached hydrogens (tertiary/aromatic N) is 2. The number of halogens is 1. The molecule has 1 fully saturated rings. The lowest BCUT2D eigenvalue weighted by molar-refractivity contribution is 0.0697. The number of unbranched alkanes of at least 4 members (excludes halogenated alkanes) is 1. The summed E-state index contributed by atoms with van der Waals surface area (Å²) in [4.78, 5) is 25.1. The minimum absolute atomic E-state index is 0.0866. The van der Waals surface area contributed by atoms with Gasteiger partial charge in [0.15, 0.2) is 0 Å². The highest BCUT2D eigenvalue weighted by molar-refractivity contribution is 5.95. The monoisotopic (exact) mass is 464 g/mol. The predicted molar refractivity (Wildman–Crippen MR) is 132 cm³/mol. The van der Waals surface area contributed by atoms with Crippen LogP contribution in [0.15, 0.2) is 53.3 Å². The van der Waals surface area contributed by atoms with Crippen molar-refractivity contribution in [1.29, 1.82) is 0 Å². The summed E-state index contributed by atoms with van der Waals surface area (Å²) < 4.78 is 17.8. The number of alkyl halides is 1. The number of benzene rings is 2. The van der Waals surface area contributed by atoms with Gasteiger partial charge in [-0.05, 0) is 48.4 Å². The Balaban J connectivity index is 1.69. The van der Waals surface area contributed by atoms with Crippen LogP contribution in [0.1, 0.15) is 85.2 Å². The van der Waals surface area contributed by atoms with Gasteiger partial charge in [-0.2, -0.15) is 0 Å². The largest absolute Gasteiger partial charge is 0.478 e. The number of carbonyl (C=O) groups is 1. The Morgan fingerprint density at radius 2 is 1.74 bits per heavy atom. The molecular formula is C28H33FN2O3. The summed E-state index contributed by atoms with van der Waals surface area (Å²) in [6, 6.07) is 14.6. The number of carboxylic acids is 1. The Bertz CT molecular complexity index is 1190. The third kappa shape index (κ3) is 4.86. The summed E-state index contributed by atoms with van der Waals surface area (Å²) in [6.07, 6.45) is 7.78. The summed E-state index contributed by atoms with van der Waals surface area (Å²) in [5.41, 5.74) is 3.92. The Labute approximate surface area is 199 Å². The fourth-order valence-electron chi connectivity index (χ4n) is 5.19. The third-order valence-corrected chi connectivity index (χ3v) is 6.98. The fraction of sp³-hybridized carbons (Fsp3) is 0.429. The Hall–Kier alpha value is -3.15. The number of aromatic carboxylic acids is 1. The van der Waals surface area contributed by atoms with Crippen molar-refractivity contribution in [2.75, 3.05) is 0 Å². The van der Waals surface area contributed by atoms with E-state index in [1.807, 2.05) is 30.3 Å². The van der Waals surface area contributed by atoms with Crippen molar-refractivity contribution in [3.63, 3.8) is 0 Å². The van der Waals surface area contributed by atoms with Crippen molar-refractivity contribution in [2.45, 2.75) is 77.6 Å². The van der Waals surface area contributed by atoms with E-state index < -0.39 is 12.6 Å². The van der Waals surface area contributed by atoms with Gasteiger partial charge >= 0.3 is 11.7 Å². The highest BCUT2D eigenvalue weighted by Crippen LogP contribution is 2.30. The Kier molecular flexibility index (Phi) is 7.66. The van der Waals surface area contributed by atoms with E-state index in [2.05, 4.69) is 6.92 Å². The molecule has 1 aliphatic rings. The first-order valence-corrected chi connectivity index (χ1v) is 12.4. The quantitative estimate of drug-likeness (QED) is 0.400. The van der Waals surface area contributed by atoms with Crippen molar-refractivity contribution >= 4 is 5.97 Å². The molecule has 180 valence electrons. The second kappa shape index (κ2) is 10.9. The van der Waals surface area contributed by atoms with Crippen molar-refractivity contribution < 1.29 is 14.3 Å². The number of imidazole rings is 1. The molecule has 1 aromatic heterocycles. The molecule has 0 spiro atoms. The van der Waals surface area contributed by atoms with Crippen molar-refractivity contribution in [2.24, 2.45) is 0 Å². The molecule has 34 heavy (non-hydrogen) atoms. The van der Waals surface area contributed by atoms with Crippen LogP contribution in [0.2, 0.25) is 0 Å². The lowest BCUT2D eigenvalue weighted by Gasteiger charge is -2.23. The summed E-state index contributed by atoms with van der Waals surface area (Å²) in [6.45, 7) is 1.86. The number of rotatable bonds is 9. The molecule has 0 radical (unpaired) electrons. The Morgan fingerprint density at radius 1 is 1.03 bits per heavy atom. The van der Waals surface area contributed by atoms with E-state index in [-0.39, 0.29) is 17.3 Å². The zero-order valence-electron chi connectivity index (χ0n) is 19.8. The van der Waals surface area contributed by atoms with Crippen LogP contribution in [-0.4, -0.2) is 20.2 Å². The van der Waals surface area contributed by atoms with E-state index in [0.29, 0.717) is 24.2 Å². The molecule has 6 heteroatoms. The van der Waals surface area contributed by atoms with Crippen LogP contribution in [0.3, 0.4) is 0 Å². The standard InChI is InChI=1S/C28H33FN2O3/c1-2-3-13-25-26(18-29)31(22-9-5-4-6-10-22)28(34)30(25)19-20-14-16-21(17-15-20)23-11-7-8-12-24(23)27(32)33/h7-8,11-12,14-17,22H,2-6,9-10,13,18-19H2,1H3,(H,32,33). The minimum atomic E-state index is -0.963. The molecule has 0 unspecified atom stereocenters. The number of hydrogen-bond donors (Lipinski definition) is 1. The highest BCUT2D eigenvalue weighted by Gasteiger charge is 2.26. The first-order chi connectivity index (χ1) is 16.5. The number of hydrogen-bond acceptors (Lipinski definition) is 2. The van der Waals surface area contributed by atoms with Crippen molar-refractivity contribution in [3.05, 3.63) is 81.5 Å². The summed E-state index contributed by atoms with van der Waals surface area (Å²) in [5.74, 6) is -0.963. The summed E-state index contributed by atoms with van der Waals surface area (Å²) in [5, 5.41) is 9.50. The van der Waals surface area contributed by atoms with E-state index in [1.165, 1.54) is 6.42 Å². The van der Waals surface area contributed by atoms with Gasteiger partial charge < -0.3 is 5.11 Å².